The van der Waals surface area contributed by atoms with Crippen LogP contribution in [0, 0.1) is 0 Å². The van der Waals surface area contributed by atoms with E-state index in [2.05, 4.69) is 16.4 Å². The van der Waals surface area contributed by atoms with Crippen LogP contribution < -0.4 is 0 Å². The Morgan fingerprint density at radius 1 is 1.30 bits per heavy atom. The third kappa shape index (κ3) is 3.15. The van der Waals surface area contributed by atoms with Crippen LogP contribution in [0.1, 0.15) is 15.4 Å². The third-order valence-electron chi connectivity index (χ3n) is 3.95. The molecule has 1 aromatic carbocycles. The average Bonchev–Trinajstić information content (AvgIpc) is 3.19. The molecule has 4 rings (SSSR count). The summed E-state index contributed by atoms with van der Waals surface area (Å²) >= 11 is 3.40. The highest BCUT2D eigenvalue weighted by atomic mass is 32.1. The van der Waals surface area contributed by atoms with Crippen LogP contribution in [0.2, 0.25) is 0 Å². The number of para-hydroxylation sites is 1. The zero-order chi connectivity index (χ0) is 15.6. The average molecular weight is 344 g/mol. The van der Waals surface area contributed by atoms with Gasteiger partial charge in [0.1, 0.15) is 11.6 Å². The van der Waals surface area contributed by atoms with Gasteiger partial charge in [0.05, 0.1) is 16.8 Å². The number of thiazole rings is 1. The molecule has 0 saturated carbocycles. The lowest BCUT2D eigenvalue weighted by molar-refractivity contribution is -0.137. The molecule has 2 aromatic heterocycles. The lowest BCUT2D eigenvalue weighted by Crippen LogP contribution is -2.37. The standard InChI is InChI=1S/C17H16N2O2S2/c20-17(19-7-5-14-12(9-19)6-8-22-14)11-21-10-16-18-13-3-1-2-4-15(13)23-16/h1-4,6,8H,5,7,9-11H2. The van der Waals surface area contributed by atoms with E-state index in [-0.39, 0.29) is 12.5 Å². The molecule has 3 aromatic rings. The summed E-state index contributed by atoms with van der Waals surface area (Å²) in [4.78, 5) is 20.1. The summed E-state index contributed by atoms with van der Waals surface area (Å²) in [6.45, 7) is 2.01. The van der Waals surface area contributed by atoms with Gasteiger partial charge in [0, 0.05) is 18.0 Å². The van der Waals surface area contributed by atoms with Gasteiger partial charge in [-0.25, -0.2) is 4.98 Å². The maximum Gasteiger partial charge on any atom is 0.248 e. The Morgan fingerprint density at radius 2 is 2.22 bits per heavy atom. The normalized spacial score (nSPS) is 14.2. The highest BCUT2D eigenvalue weighted by Gasteiger charge is 2.21. The number of carbonyl (C=O) groups is 1. The number of thiophene rings is 1. The van der Waals surface area contributed by atoms with Crippen LogP contribution in [0.3, 0.4) is 0 Å². The first-order valence-corrected chi connectivity index (χ1v) is 9.24. The molecule has 1 aliphatic rings. The van der Waals surface area contributed by atoms with Gasteiger partial charge >= 0.3 is 0 Å². The zero-order valence-electron chi connectivity index (χ0n) is 12.5. The highest BCUT2D eigenvalue weighted by Crippen LogP contribution is 2.24. The molecule has 0 radical (unpaired) electrons. The van der Waals surface area contributed by atoms with E-state index in [0.29, 0.717) is 13.2 Å². The van der Waals surface area contributed by atoms with Gasteiger partial charge in [-0.05, 0) is 35.6 Å². The van der Waals surface area contributed by atoms with Gasteiger partial charge in [0.2, 0.25) is 5.91 Å². The van der Waals surface area contributed by atoms with Gasteiger partial charge in [-0.1, -0.05) is 12.1 Å². The summed E-state index contributed by atoms with van der Waals surface area (Å²) in [6, 6.07) is 10.1. The van der Waals surface area contributed by atoms with Gasteiger partial charge in [-0.2, -0.15) is 0 Å². The van der Waals surface area contributed by atoms with Crippen molar-refractivity contribution in [2.24, 2.45) is 0 Å². The SMILES string of the molecule is O=C(COCc1nc2ccccc2s1)N1CCc2sccc2C1. The van der Waals surface area contributed by atoms with Crippen molar-refractivity contribution in [1.82, 2.24) is 9.88 Å². The fourth-order valence-electron chi connectivity index (χ4n) is 2.76. The number of aromatic nitrogens is 1. The van der Waals surface area contributed by atoms with Crippen LogP contribution in [-0.4, -0.2) is 28.9 Å². The Bertz CT molecular complexity index is 807. The van der Waals surface area contributed by atoms with Crippen LogP contribution in [0.15, 0.2) is 35.7 Å². The minimum absolute atomic E-state index is 0.0583. The molecule has 0 spiro atoms. The second-order valence-corrected chi connectivity index (χ2v) is 7.62. The largest absolute Gasteiger partial charge is 0.364 e. The lowest BCUT2D eigenvalue weighted by atomic mass is 10.1. The number of hydrogen-bond donors (Lipinski definition) is 0. The first-order valence-electron chi connectivity index (χ1n) is 7.55. The number of rotatable bonds is 4. The van der Waals surface area contributed by atoms with E-state index in [1.54, 1.807) is 22.7 Å². The highest BCUT2D eigenvalue weighted by molar-refractivity contribution is 7.18. The number of fused-ring (bicyclic) bond motifs is 2. The van der Waals surface area contributed by atoms with Crippen molar-refractivity contribution >= 4 is 38.8 Å². The summed E-state index contributed by atoms with van der Waals surface area (Å²) in [7, 11) is 0. The van der Waals surface area contributed by atoms with Crippen molar-refractivity contribution in [2.45, 2.75) is 19.6 Å². The monoisotopic (exact) mass is 344 g/mol. The van der Waals surface area contributed by atoms with Crippen LogP contribution in [0.25, 0.3) is 10.2 Å². The zero-order valence-corrected chi connectivity index (χ0v) is 14.2. The molecule has 0 fully saturated rings. The molecule has 118 valence electrons. The molecule has 23 heavy (non-hydrogen) atoms. The number of benzene rings is 1. The lowest BCUT2D eigenvalue weighted by Gasteiger charge is -2.26. The van der Waals surface area contributed by atoms with E-state index in [1.807, 2.05) is 29.2 Å². The smallest absolute Gasteiger partial charge is 0.248 e. The van der Waals surface area contributed by atoms with E-state index in [9.17, 15) is 4.79 Å². The first-order chi connectivity index (χ1) is 11.3. The van der Waals surface area contributed by atoms with Gasteiger partial charge in [-0.3, -0.25) is 4.79 Å². The summed E-state index contributed by atoms with van der Waals surface area (Å²) in [5.41, 5.74) is 2.27. The first kappa shape index (κ1) is 14.8. The molecule has 0 aliphatic carbocycles. The molecular formula is C17H16N2O2S2. The van der Waals surface area contributed by atoms with Crippen molar-refractivity contribution < 1.29 is 9.53 Å². The van der Waals surface area contributed by atoms with Crippen molar-refractivity contribution in [1.29, 1.82) is 0 Å². The molecule has 1 amide bonds. The molecule has 0 bridgehead atoms. The van der Waals surface area contributed by atoms with Crippen LogP contribution in [0.4, 0.5) is 0 Å². The quantitative estimate of drug-likeness (QED) is 0.728. The summed E-state index contributed by atoms with van der Waals surface area (Å²) < 4.78 is 6.74. The molecule has 6 heteroatoms. The van der Waals surface area contributed by atoms with Crippen molar-refractivity contribution in [3.8, 4) is 0 Å². The van der Waals surface area contributed by atoms with Crippen LogP contribution in [-0.2, 0) is 29.1 Å². The second kappa shape index (κ2) is 6.39. The van der Waals surface area contributed by atoms with E-state index in [4.69, 9.17) is 4.74 Å². The Balaban J connectivity index is 1.32. The van der Waals surface area contributed by atoms with E-state index in [1.165, 1.54) is 10.4 Å². The number of ether oxygens (including phenoxy) is 1. The Labute approximate surface area is 142 Å². The molecule has 1 aliphatic heterocycles. The second-order valence-electron chi connectivity index (χ2n) is 5.50. The van der Waals surface area contributed by atoms with Crippen LogP contribution in [0.5, 0.6) is 0 Å². The molecule has 0 saturated heterocycles. The summed E-state index contributed by atoms with van der Waals surface area (Å²) in [5, 5.41) is 3.01. The predicted octanol–water partition coefficient (Wildman–Crippen LogP) is 3.46. The fraction of sp³-hybridized carbons (Fsp3) is 0.294. The van der Waals surface area contributed by atoms with Crippen molar-refractivity contribution in [2.75, 3.05) is 13.2 Å². The van der Waals surface area contributed by atoms with E-state index in [0.717, 1.165) is 28.2 Å². The van der Waals surface area contributed by atoms with Crippen molar-refractivity contribution in [3.63, 3.8) is 0 Å². The summed E-state index contributed by atoms with van der Waals surface area (Å²) in [6.07, 6.45) is 0.955. The number of nitrogens with zero attached hydrogens (tertiary/aromatic N) is 2. The minimum atomic E-state index is 0.0583. The van der Waals surface area contributed by atoms with E-state index < -0.39 is 0 Å². The number of carbonyl (C=O) groups excluding carboxylic acids is 1. The maximum absolute atomic E-state index is 12.3. The molecule has 0 N–H and O–H groups in total. The predicted molar refractivity (Wildman–Crippen MR) is 92.7 cm³/mol. The molecule has 4 nitrogen and oxygen atoms in total. The van der Waals surface area contributed by atoms with E-state index >= 15 is 0 Å². The molecule has 0 atom stereocenters. The maximum atomic E-state index is 12.3. The minimum Gasteiger partial charge on any atom is -0.364 e. The van der Waals surface area contributed by atoms with Gasteiger partial charge in [0.15, 0.2) is 0 Å². The number of amides is 1. The Kier molecular flexibility index (Phi) is 4.11. The number of hydrogen-bond acceptors (Lipinski definition) is 5. The molecular weight excluding hydrogens is 328 g/mol. The third-order valence-corrected chi connectivity index (χ3v) is 5.98. The van der Waals surface area contributed by atoms with Crippen LogP contribution >= 0.6 is 22.7 Å². The van der Waals surface area contributed by atoms with Gasteiger partial charge in [0.25, 0.3) is 0 Å². The van der Waals surface area contributed by atoms with Gasteiger partial charge < -0.3 is 9.64 Å². The fourth-order valence-corrected chi connectivity index (χ4v) is 4.55. The summed E-state index contributed by atoms with van der Waals surface area (Å²) in [5.74, 6) is 0.0583. The van der Waals surface area contributed by atoms with Gasteiger partial charge in [-0.15, -0.1) is 22.7 Å². The molecule has 3 heterocycles. The Hall–Kier alpha value is -1.76. The molecule has 0 unspecified atom stereocenters. The van der Waals surface area contributed by atoms with Crippen molar-refractivity contribution in [3.05, 3.63) is 51.2 Å². The topological polar surface area (TPSA) is 42.4 Å². The Morgan fingerprint density at radius 3 is 3.13 bits per heavy atom.